The topological polar surface area (TPSA) is 29.1 Å². The molecule has 2 aromatic carbocycles. The molecule has 148 valence electrons. The molecule has 4 heteroatoms. The molecule has 0 saturated carbocycles. The van der Waals surface area contributed by atoms with E-state index < -0.39 is 0 Å². The number of ketones is 1. The van der Waals surface area contributed by atoms with Crippen molar-refractivity contribution in [2.45, 2.75) is 45.3 Å². The summed E-state index contributed by atoms with van der Waals surface area (Å²) in [6.07, 6.45) is 3.24. The summed E-state index contributed by atoms with van der Waals surface area (Å²) < 4.78 is 0. The highest BCUT2D eigenvalue weighted by molar-refractivity contribution is 7.98. The third-order valence-electron chi connectivity index (χ3n) is 5.28. The molecule has 0 spiro atoms. The standard InChI is InChI=1S/C24H28ClNOS/c1-16-10-17(2)24(18(3)11-16)15-28-9-8-26-22-12-20(13-23(27)14-22)19-4-6-21(25)7-5-19/h4-7,10-11,14,20,26H,8-9,12-13,15H2,1-3H3. The fourth-order valence-corrected chi connectivity index (χ4v) is 5.06. The molecule has 0 heterocycles. The molecule has 3 rings (SSSR count). The number of allylic oxidation sites excluding steroid dienone is 2. The Morgan fingerprint density at radius 2 is 1.75 bits per heavy atom. The monoisotopic (exact) mass is 413 g/mol. The molecule has 1 atom stereocenters. The summed E-state index contributed by atoms with van der Waals surface area (Å²) in [6.45, 7) is 7.42. The molecule has 1 aliphatic carbocycles. The highest BCUT2D eigenvalue weighted by Gasteiger charge is 2.22. The first-order valence-electron chi connectivity index (χ1n) is 9.79. The normalized spacial score (nSPS) is 16.8. The maximum absolute atomic E-state index is 12.2. The quantitative estimate of drug-likeness (QED) is 0.554. The molecular formula is C24H28ClNOS. The summed E-state index contributed by atoms with van der Waals surface area (Å²) in [5, 5.41) is 4.21. The first-order chi connectivity index (χ1) is 13.4. The van der Waals surface area contributed by atoms with E-state index in [1.807, 2.05) is 36.0 Å². The van der Waals surface area contributed by atoms with Crippen LogP contribution >= 0.6 is 23.4 Å². The second kappa shape index (κ2) is 9.67. The highest BCUT2D eigenvalue weighted by atomic mass is 35.5. The lowest BCUT2D eigenvalue weighted by molar-refractivity contribution is -0.115. The van der Waals surface area contributed by atoms with Crippen LogP contribution in [0.25, 0.3) is 0 Å². The minimum absolute atomic E-state index is 0.201. The molecule has 0 amide bonds. The fourth-order valence-electron chi connectivity index (χ4n) is 3.88. The Morgan fingerprint density at radius 1 is 1.07 bits per heavy atom. The van der Waals surface area contributed by atoms with Gasteiger partial charge in [0.25, 0.3) is 0 Å². The number of halogens is 1. The molecule has 1 aliphatic rings. The number of carbonyl (C=O) groups is 1. The predicted octanol–water partition coefficient (Wildman–Crippen LogP) is 6.12. The smallest absolute Gasteiger partial charge is 0.158 e. The minimum atomic E-state index is 0.201. The molecule has 0 aliphatic heterocycles. The van der Waals surface area contributed by atoms with Crippen molar-refractivity contribution in [3.05, 3.63) is 81.0 Å². The van der Waals surface area contributed by atoms with Crippen LogP contribution in [0.4, 0.5) is 0 Å². The zero-order valence-electron chi connectivity index (χ0n) is 16.8. The first kappa shape index (κ1) is 21.0. The van der Waals surface area contributed by atoms with Crippen LogP contribution in [0.5, 0.6) is 0 Å². The number of benzene rings is 2. The summed E-state index contributed by atoms with van der Waals surface area (Å²) in [5.74, 6) is 2.49. The van der Waals surface area contributed by atoms with Crippen molar-refractivity contribution >= 4 is 29.1 Å². The van der Waals surface area contributed by atoms with E-state index in [0.717, 1.165) is 35.2 Å². The third-order valence-corrected chi connectivity index (χ3v) is 6.51. The van der Waals surface area contributed by atoms with Crippen molar-refractivity contribution in [3.8, 4) is 0 Å². The van der Waals surface area contributed by atoms with Crippen LogP contribution in [-0.4, -0.2) is 18.1 Å². The maximum atomic E-state index is 12.2. The third kappa shape index (κ3) is 5.65. The van der Waals surface area contributed by atoms with E-state index in [-0.39, 0.29) is 11.7 Å². The number of thioether (sulfide) groups is 1. The zero-order chi connectivity index (χ0) is 20.1. The molecule has 0 fully saturated rings. The van der Waals surface area contributed by atoms with Gasteiger partial charge in [0.05, 0.1) is 0 Å². The average molecular weight is 414 g/mol. The number of rotatable bonds is 7. The Kier molecular flexibility index (Phi) is 7.25. The zero-order valence-corrected chi connectivity index (χ0v) is 18.4. The van der Waals surface area contributed by atoms with Gasteiger partial charge in [-0.05, 0) is 67.5 Å². The number of carbonyl (C=O) groups excluding carboxylic acids is 1. The summed E-state index contributed by atoms with van der Waals surface area (Å²) in [6, 6.07) is 12.4. The van der Waals surface area contributed by atoms with Crippen LogP contribution in [0.1, 0.15) is 46.6 Å². The Bertz CT molecular complexity index is 850. The first-order valence-corrected chi connectivity index (χ1v) is 11.3. The Hall–Kier alpha value is -1.71. The van der Waals surface area contributed by atoms with Crippen LogP contribution in [0, 0.1) is 20.8 Å². The molecule has 28 heavy (non-hydrogen) atoms. The SMILES string of the molecule is Cc1cc(C)c(CSCCNC2=CC(=O)CC(c3ccc(Cl)cc3)C2)c(C)c1. The van der Waals surface area contributed by atoms with Gasteiger partial charge in [-0.15, -0.1) is 0 Å². The summed E-state index contributed by atoms with van der Waals surface area (Å²) in [4.78, 5) is 12.2. The van der Waals surface area contributed by atoms with Gasteiger partial charge in [-0.1, -0.05) is 41.4 Å². The molecule has 1 N–H and O–H groups in total. The molecule has 1 unspecified atom stereocenters. The summed E-state index contributed by atoms with van der Waals surface area (Å²) in [7, 11) is 0. The van der Waals surface area contributed by atoms with Gasteiger partial charge in [0.2, 0.25) is 0 Å². The summed E-state index contributed by atoms with van der Waals surface area (Å²) >= 11 is 7.92. The maximum Gasteiger partial charge on any atom is 0.158 e. The van der Waals surface area contributed by atoms with E-state index in [2.05, 4.69) is 38.2 Å². The van der Waals surface area contributed by atoms with Crippen molar-refractivity contribution < 1.29 is 4.79 Å². The molecule has 0 radical (unpaired) electrons. The molecule has 2 aromatic rings. The molecule has 0 aromatic heterocycles. The number of hydrogen-bond donors (Lipinski definition) is 1. The van der Waals surface area contributed by atoms with E-state index >= 15 is 0 Å². The average Bonchev–Trinajstić information content (AvgIpc) is 2.63. The largest absolute Gasteiger partial charge is 0.387 e. The van der Waals surface area contributed by atoms with E-state index in [9.17, 15) is 4.79 Å². The lowest BCUT2D eigenvalue weighted by Crippen LogP contribution is -2.23. The predicted molar refractivity (Wildman–Crippen MR) is 121 cm³/mol. The fraction of sp³-hybridized carbons (Fsp3) is 0.375. The van der Waals surface area contributed by atoms with Crippen LogP contribution in [0.3, 0.4) is 0 Å². The van der Waals surface area contributed by atoms with E-state index in [4.69, 9.17) is 11.6 Å². The van der Waals surface area contributed by atoms with E-state index in [0.29, 0.717) is 6.42 Å². The molecule has 0 saturated heterocycles. The van der Waals surface area contributed by atoms with Gasteiger partial charge in [0.1, 0.15) is 0 Å². The van der Waals surface area contributed by atoms with Gasteiger partial charge < -0.3 is 5.32 Å². The van der Waals surface area contributed by atoms with Crippen molar-refractivity contribution in [2.75, 3.05) is 12.3 Å². The van der Waals surface area contributed by atoms with Crippen molar-refractivity contribution in [2.24, 2.45) is 0 Å². The van der Waals surface area contributed by atoms with E-state index in [1.54, 1.807) is 6.08 Å². The lowest BCUT2D eigenvalue weighted by atomic mass is 9.85. The van der Waals surface area contributed by atoms with Gasteiger partial charge in [0.15, 0.2) is 5.78 Å². The number of aryl methyl sites for hydroxylation is 3. The van der Waals surface area contributed by atoms with Gasteiger partial charge >= 0.3 is 0 Å². The molecule has 2 nitrogen and oxygen atoms in total. The van der Waals surface area contributed by atoms with Crippen LogP contribution in [0.2, 0.25) is 5.02 Å². The number of hydrogen-bond acceptors (Lipinski definition) is 3. The van der Waals surface area contributed by atoms with Gasteiger partial charge in [0, 0.05) is 41.3 Å². The highest BCUT2D eigenvalue weighted by Crippen LogP contribution is 2.31. The second-order valence-electron chi connectivity index (χ2n) is 7.65. The van der Waals surface area contributed by atoms with Crippen LogP contribution in [-0.2, 0) is 10.5 Å². The lowest BCUT2D eigenvalue weighted by Gasteiger charge is -2.23. The molecule has 0 bridgehead atoms. The van der Waals surface area contributed by atoms with Gasteiger partial charge in [-0.25, -0.2) is 0 Å². The Balaban J connectivity index is 1.48. The summed E-state index contributed by atoms with van der Waals surface area (Å²) in [5.41, 5.74) is 7.78. The van der Waals surface area contributed by atoms with E-state index in [1.165, 1.54) is 27.8 Å². The Morgan fingerprint density at radius 3 is 2.43 bits per heavy atom. The van der Waals surface area contributed by atoms with Crippen molar-refractivity contribution in [1.82, 2.24) is 5.32 Å². The minimum Gasteiger partial charge on any atom is -0.387 e. The van der Waals surface area contributed by atoms with Crippen LogP contribution in [0.15, 0.2) is 48.2 Å². The van der Waals surface area contributed by atoms with Gasteiger partial charge in [-0.3, -0.25) is 4.79 Å². The Labute approximate surface area is 177 Å². The molecular weight excluding hydrogens is 386 g/mol. The van der Waals surface area contributed by atoms with Gasteiger partial charge in [-0.2, -0.15) is 11.8 Å². The van der Waals surface area contributed by atoms with Crippen molar-refractivity contribution in [3.63, 3.8) is 0 Å². The van der Waals surface area contributed by atoms with Crippen LogP contribution < -0.4 is 5.32 Å². The second-order valence-corrected chi connectivity index (χ2v) is 9.19. The number of nitrogens with one attached hydrogen (secondary N) is 1. The van der Waals surface area contributed by atoms with Crippen molar-refractivity contribution in [1.29, 1.82) is 0 Å².